The molecule has 0 fully saturated rings. The number of thiophene rings is 1. The maximum Gasteiger partial charge on any atom is 0.124 e. The van der Waals surface area contributed by atoms with Crippen molar-refractivity contribution in [2.24, 2.45) is 5.73 Å². The molecule has 96 valence electrons. The third kappa shape index (κ3) is 2.77. The Kier molecular flexibility index (Phi) is 4.42. The van der Waals surface area contributed by atoms with E-state index in [-0.39, 0.29) is 5.82 Å². The highest BCUT2D eigenvalue weighted by molar-refractivity contribution is 9.12. The van der Waals surface area contributed by atoms with Crippen molar-refractivity contribution < 1.29 is 9.13 Å². The molecule has 6 heteroatoms. The van der Waals surface area contributed by atoms with Crippen LogP contribution in [0.25, 0.3) is 0 Å². The first kappa shape index (κ1) is 14.0. The number of benzene rings is 1. The SMILES string of the molecule is COc1ccc(F)cc1C(N)c1cc(Br)sc1Br. The average Bonchev–Trinajstić information content (AvgIpc) is 2.67. The van der Waals surface area contributed by atoms with Gasteiger partial charge in [-0.05, 0) is 61.7 Å². The topological polar surface area (TPSA) is 35.2 Å². The van der Waals surface area contributed by atoms with Gasteiger partial charge in [0.05, 0.1) is 20.7 Å². The van der Waals surface area contributed by atoms with Gasteiger partial charge in [0, 0.05) is 5.56 Å². The Balaban J connectivity index is 2.48. The number of hydrogen-bond acceptors (Lipinski definition) is 3. The predicted octanol–water partition coefficient (Wildman–Crippen LogP) is 4.47. The minimum absolute atomic E-state index is 0.327. The van der Waals surface area contributed by atoms with Crippen LogP contribution in [0.4, 0.5) is 4.39 Å². The summed E-state index contributed by atoms with van der Waals surface area (Å²) in [6, 6.07) is 5.83. The lowest BCUT2D eigenvalue weighted by molar-refractivity contribution is 0.406. The molecule has 2 nitrogen and oxygen atoms in total. The second-order valence-corrected chi connectivity index (χ2v) is 7.39. The van der Waals surface area contributed by atoms with Gasteiger partial charge in [-0.1, -0.05) is 0 Å². The summed E-state index contributed by atoms with van der Waals surface area (Å²) in [5, 5.41) is 0. The molecule has 18 heavy (non-hydrogen) atoms. The molecular weight excluding hydrogens is 385 g/mol. The Bertz CT molecular complexity index is 573. The molecule has 1 aromatic carbocycles. The Hall–Kier alpha value is -0.430. The molecule has 0 saturated carbocycles. The molecular formula is C12H10Br2FNOS. The van der Waals surface area contributed by atoms with Crippen molar-refractivity contribution in [2.75, 3.05) is 7.11 Å². The summed E-state index contributed by atoms with van der Waals surface area (Å²) < 4.78 is 20.4. The summed E-state index contributed by atoms with van der Waals surface area (Å²) in [4.78, 5) is 0. The summed E-state index contributed by atoms with van der Waals surface area (Å²) in [6.07, 6.45) is 0. The summed E-state index contributed by atoms with van der Waals surface area (Å²) in [5.41, 5.74) is 7.71. The van der Waals surface area contributed by atoms with Gasteiger partial charge in [-0.25, -0.2) is 4.39 Å². The molecule has 2 rings (SSSR count). The monoisotopic (exact) mass is 393 g/mol. The molecule has 0 spiro atoms. The third-order valence-corrected chi connectivity index (χ3v) is 4.93. The van der Waals surface area contributed by atoms with Crippen LogP contribution >= 0.6 is 43.2 Å². The van der Waals surface area contributed by atoms with Gasteiger partial charge >= 0.3 is 0 Å². The summed E-state index contributed by atoms with van der Waals surface area (Å²) in [7, 11) is 1.54. The lowest BCUT2D eigenvalue weighted by atomic mass is 10.0. The van der Waals surface area contributed by atoms with Crippen LogP contribution in [0, 0.1) is 5.82 Å². The molecule has 0 saturated heterocycles. The van der Waals surface area contributed by atoms with E-state index in [1.54, 1.807) is 13.2 Å². The van der Waals surface area contributed by atoms with Crippen LogP contribution in [0.15, 0.2) is 31.8 Å². The van der Waals surface area contributed by atoms with Gasteiger partial charge in [-0.3, -0.25) is 0 Å². The van der Waals surface area contributed by atoms with Gasteiger partial charge in [-0.15, -0.1) is 11.3 Å². The van der Waals surface area contributed by atoms with E-state index in [9.17, 15) is 4.39 Å². The van der Waals surface area contributed by atoms with Crippen molar-refractivity contribution in [1.82, 2.24) is 0 Å². The van der Waals surface area contributed by atoms with E-state index in [0.29, 0.717) is 11.3 Å². The van der Waals surface area contributed by atoms with Crippen LogP contribution in [-0.4, -0.2) is 7.11 Å². The molecule has 2 N–H and O–H groups in total. The number of ether oxygens (including phenoxy) is 1. The highest BCUT2D eigenvalue weighted by Crippen LogP contribution is 2.39. The summed E-state index contributed by atoms with van der Waals surface area (Å²) in [6.45, 7) is 0. The van der Waals surface area contributed by atoms with Crippen LogP contribution in [0.1, 0.15) is 17.2 Å². The fourth-order valence-corrected chi connectivity index (χ4v) is 4.61. The van der Waals surface area contributed by atoms with Crippen LogP contribution in [0.3, 0.4) is 0 Å². The molecule has 0 bridgehead atoms. The molecule has 2 aromatic rings. The third-order valence-electron chi connectivity index (χ3n) is 2.54. The molecule has 1 unspecified atom stereocenters. The second-order valence-electron chi connectivity index (χ2n) is 3.64. The van der Waals surface area contributed by atoms with Gasteiger partial charge in [0.2, 0.25) is 0 Å². The molecule has 1 aromatic heterocycles. The quantitative estimate of drug-likeness (QED) is 0.833. The Morgan fingerprint density at radius 1 is 1.28 bits per heavy atom. The molecule has 0 aliphatic heterocycles. The van der Waals surface area contributed by atoms with E-state index >= 15 is 0 Å². The highest BCUT2D eigenvalue weighted by Gasteiger charge is 2.19. The minimum Gasteiger partial charge on any atom is -0.496 e. The zero-order chi connectivity index (χ0) is 13.3. The van der Waals surface area contributed by atoms with E-state index in [0.717, 1.165) is 13.1 Å². The number of methoxy groups -OCH3 is 1. The normalized spacial score (nSPS) is 12.5. The lowest BCUT2D eigenvalue weighted by Gasteiger charge is -2.15. The molecule has 0 amide bonds. The lowest BCUT2D eigenvalue weighted by Crippen LogP contribution is -2.13. The highest BCUT2D eigenvalue weighted by atomic mass is 79.9. The van der Waals surface area contributed by atoms with Crippen molar-refractivity contribution in [1.29, 1.82) is 0 Å². The number of rotatable bonds is 3. The van der Waals surface area contributed by atoms with E-state index < -0.39 is 6.04 Å². The van der Waals surface area contributed by atoms with Crippen molar-refractivity contribution in [3.63, 3.8) is 0 Å². The molecule has 1 heterocycles. The van der Waals surface area contributed by atoms with Gasteiger partial charge in [0.25, 0.3) is 0 Å². The van der Waals surface area contributed by atoms with E-state index in [2.05, 4.69) is 31.9 Å². The van der Waals surface area contributed by atoms with Gasteiger partial charge in [0.1, 0.15) is 11.6 Å². The Morgan fingerprint density at radius 3 is 2.56 bits per heavy atom. The van der Waals surface area contributed by atoms with E-state index in [1.807, 2.05) is 6.07 Å². The standard InChI is InChI=1S/C12H10Br2FNOS/c1-17-9-3-2-6(15)4-7(9)11(16)8-5-10(13)18-12(8)14/h2-5,11H,16H2,1H3. The van der Waals surface area contributed by atoms with Crippen molar-refractivity contribution in [3.05, 3.63) is 48.8 Å². The van der Waals surface area contributed by atoms with Crippen molar-refractivity contribution in [3.8, 4) is 5.75 Å². The number of hydrogen-bond donors (Lipinski definition) is 1. The van der Waals surface area contributed by atoms with Crippen LogP contribution in [-0.2, 0) is 0 Å². The Morgan fingerprint density at radius 2 is 2.00 bits per heavy atom. The van der Waals surface area contributed by atoms with Gasteiger partial charge in [-0.2, -0.15) is 0 Å². The predicted molar refractivity (Wildman–Crippen MR) is 78.7 cm³/mol. The van der Waals surface area contributed by atoms with Gasteiger partial charge < -0.3 is 10.5 Å². The first-order valence-electron chi connectivity index (χ1n) is 5.06. The van der Waals surface area contributed by atoms with Crippen LogP contribution < -0.4 is 10.5 Å². The zero-order valence-corrected chi connectivity index (χ0v) is 13.4. The fraction of sp³-hybridized carbons (Fsp3) is 0.167. The van der Waals surface area contributed by atoms with Gasteiger partial charge in [0.15, 0.2) is 0 Å². The molecule has 0 aliphatic rings. The largest absolute Gasteiger partial charge is 0.496 e. The molecule has 1 atom stereocenters. The fourth-order valence-electron chi connectivity index (χ4n) is 1.68. The first-order chi connectivity index (χ1) is 8.52. The first-order valence-corrected chi connectivity index (χ1v) is 7.47. The van der Waals surface area contributed by atoms with E-state index in [4.69, 9.17) is 10.5 Å². The van der Waals surface area contributed by atoms with Crippen molar-refractivity contribution in [2.45, 2.75) is 6.04 Å². The maximum absolute atomic E-state index is 13.3. The number of halogens is 3. The number of nitrogens with two attached hydrogens (primary N) is 1. The van der Waals surface area contributed by atoms with Crippen LogP contribution in [0.5, 0.6) is 5.75 Å². The maximum atomic E-state index is 13.3. The van der Waals surface area contributed by atoms with Crippen molar-refractivity contribution >= 4 is 43.2 Å². The van der Waals surface area contributed by atoms with Crippen LogP contribution in [0.2, 0.25) is 0 Å². The van der Waals surface area contributed by atoms with E-state index in [1.165, 1.54) is 23.5 Å². The smallest absolute Gasteiger partial charge is 0.124 e. The Labute approximate surface area is 125 Å². The summed E-state index contributed by atoms with van der Waals surface area (Å²) in [5.74, 6) is 0.254. The second kappa shape index (κ2) is 5.69. The minimum atomic E-state index is -0.437. The molecule has 0 aliphatic carbocycles. The summed E-state index contributed by atoms with van der Waals surface area (Å²) >= 11 is 8.38. The average molecular weight is 395 g/mol. The zero-order valence-electron chi connectivity index (χ0n) is 9.41. The molecule has 0 radical (unpaired) electrons.